The zero-order valence-corrected chi connectivity index (χ0v) is 10.6. The van der Waals surface area contributed by atoms with Crippen LogP contribution in [0, 0.1) is 0 Å². The van der Waals surface area contributed by atoms with Crippen LogP contribution >= 0.6 is 0 Å². The summed E-state index contributed by atoms with van der Waals surface area (Å²) < 4.78 is 5.64. The van der Waals surface area contributed by atoms with Crippen molar-refractivity contribution in [1.82, 2.24) is 4.98 Å². The van der Waals surface area contributed by atoms with Crippen molar-refractivity contribution in [1.29, 1.82) is 0 Å². The third kappa shape index (κ3) is 2.30. The van der Waals surface area contributed by atoms with Crippen molar-refractivity contribution in [2.75, 3.05) is 5.32 Å². The Morgan fingerprint density at radius 2 is 1.84 bits per heavy atom. The van der Waals surface area contributed by atoms with Crippen molar-refractivity contribution in [3.8, 4) is 0 Å². The van der Waals surface area contributed by atoms with E-state index in [0.29, 0.717) is 6.01 Å². The standard InChI is InChI=1S/C15H15N3O/c1-10(16)11-6-2-3-7-12(11)17-15-18-13-8-4-5-9-14(13)19-15/h2-10H,16H2,1H3,(H,17,18). The minimum absolute atomic E-state index is 0.0481. The van der Waals surface area contributed by atoms with E-state index >= 15 is 0 Å². The fourth-order valence-corrected chi connectivity index (χ4v) is 2.05. The smallest absolute Gasteiger partial charge is 0.300 e. The van der Waals surface area contributed by atoms with Crippen molar-refractivity contribution in [3.63, 3.8) is 0 Å². The third-order valence-electron chi connectivity index (χ3n) is 2.99. The molecule has 4 heteroatoms. The summed E-state index contributed by atoms with van der Waals surface area (Å²) >= 11 is 0. The number of oxazole rings is 1. The highest BCUT2D eigenvalue weighted by molar-refractivity contribution is 5.75. The first kappa shape index (κ1) is 11.7. The van der Waals surface area contributed by atoms with E-state index in [4.69, 9.17) is 10.2 Å². The molecule has 96 valence electrons. The van der Waals surface area contributed by atoms with Crippen molar-refractivity contribution in [2.45, 2.75) is 13.0 Å². The molecule has 0 aliphatic carbocycles. The van der Waals surface area contributed by atoms with E-state index in [-0.39, 0.29) is 6.04 Å². The van der Waals surface area contributed by atoms with Crippen LogP contribution in [0.5, 0.6) is 0 Å². The molecular weight excluding hydrogens is 238 g/mol. The zero-order chi connectivity index (χ0) is 13.2. The first-order chi connectivity index (χ1) is 9.24. The van der Waals surface area contributed by atoms with E-state index in [0.717, 1.165) is 22.4 Å². The van der Waals surface area contributed by atoms with Crippen molar-refractivity contribution < 1.29 is 4.42 Å². The minimum Gasteiger partial charge on any atom is -0.423 e. The molecule has 0 saturated carbocycles. The summed E-state index contributed by atoms with van der Waals surface area (Å²) in [7, 11) is 0. The maximum atomic E-state index is 5.95. The summed E-state index contributed by atoms with van der Waals surface area (Å²) in [6.07, 6.45) is 0. The molecule has 0 aliphatic rings. The van der Waals surface area contributed by atoms with Crippen LogP contribution in [0.15, 0.2) is 52.9 Å². The summed E-state index contributed by atoms with van der Waals surface area (Å²) in [5.41, 5.74) is 9.51. The second kappa shape index (κ2) is 4.74. The molecule has 0 radical (unpaired) electrons. The molecule has 0 amide bonds. The van der Waals surface area contributed by atoms with Crippen LogP contribution in [0.1, 0.15) is 18.5 Å². The van der Waals surface area contributed by atoms with E-state index < -0.39 is 0 Å². The van der Waals surface area contributed by atoms with Crippen LogP contribution in [0.2, 0.25) is 0 Å². The topological polar surface area (TPSA) is 64.1 Å². The summed E-state index contributed by atoms with van der Waals surface area (Å²) in [6, 6.07) is 16.0. The first-order valence-corrected chi connectivity index (χ1v) is 6.21. The van der Waals surface area contributed by atoms with E-state index in [1.54, 1.807) is 0 Å². The van der Waals surface area contributed by atoms with Gasteiger partial charge in [0.25, 0.3) is 6.01 Å². The highest BCUT2D eigenvalue weighted by Crippen LogP contribution is 2.26. The summed E-state index contributed by atoms with van der Waals surface area (Å²) in [4.78, 5) is 4.39. The Morgan fingerprint density at radius 3 is 2.63 bits per heavy atom. The lowest BCUT2D eigenvalue weighted by atomic mass is 10.1. The molecule has 0 fully saturated rings. The van der Waals surface area contributed by atoms with Gasteiger partial charge in [-0.25, -0.2) is 0 Å². The first-order valence-electron chi connectivity index (χ1n) is 6.21. The predicted molar refractivity (Wildman–Crippen MR) is 76.3 cm³/mol. The number of fused-ring (bicyclic) bond motifs is 1. The number of benzene rings is 2. The van der Waals surface area contributed by atoms with Gasteiger partial charge in [0.05, 0.1) is 0 Å². The quantitative estimate of drug-likeness (QED) is 0.748. The fourth-order valence-electron chi connectivity index (χ4n) is 2.05. The molecular formula is C15H15N3O. The van der Waals surface area contributed by atoms with Gasteiger partial charge in [-0.1, -0.05) is 30.3 Å². The molecule has 3 N–H and O–H groups in total. The largest absolute Gasteiger partial charge is 0.423 e. The van der Waals surface area contributed by atoms with Gasteiger partial charge in [-0.3, -0.25) is 0 Å². The highest BCUT2D eigenvalue weighted by Gasteiger charge is 2.09. The van der Waals surface area contributed by atoms with Crippen molar-refractivity contribution in [2.24, 2.45) is 5.73 Å². The molecule has 2 aromatic carbocycles. The van der Waals surface area contributed by atoms with Crippen molar-refractivity contribution in [3.05, 3.63) is 54.1 Å². The van der Waals surface area contributed by atoms with Gasteiger partial charge in [-0.2, -0.15) is 4.98 Å². The Balaban J connectivity index is 1.97. The molecule has 0 aliphatic heterocycles. The van der Waals surface area contributed by atoms with Crippen LogP contribution < -0.4 is 11.1 Å². The number of aromatic nitrogens is 1. The summed E-state index contributed by atoms with van der Waals surface area (Å²) in [5, 5.41) is 3.19. The molecule has 0 spiro atoms. The Hall–Kier alpha value is -2.33. The Labute approximate surface area is 111 Å². The number of nitrogens with zero attached hydrogens (tertiary/aromatic N) is 1. The number of hydrogen-bond donors (Lipinski definition) is 2. The number of anilines is 2. The van der Waals surface area contributed by atoms with Crippen LogP contribution in [-0.2, 0) is 0 Å². The molecule has 3 rings (SSSR count). The van der Waals surface area contributed by atoms with E-state index in [1.165, 1.54) is 0 Å². The number of nitrogens with one attached hydrogen (secondary N) is 1. The minimum atomic E-state index is -0.0481. The predicted octanol–water partition coefficient (Wildman–Crippen LogP) is 3.59. The van der Waals surface area contributed by atoms with E-state index in [2.05, 4.69) is 10.3 Å². The van der Waals surface area contributed by atoms with Crippen LogP contribution in [0.25, 0.3) is 11.1 Å². The SMILES string of the molecule is CC(N)c1ccccc1Nc1nc2ccccc2o1. The second-order valence-corrected chi connectivity index (χ2v) is 4.49. The number of nitrogens with two attached hydrogens (primary N) is 1. The van der Waals surface area contributed by atoms with Gasteiger partial charge in [-0.05, 0) is 30.7 Å². The van der Waals surface area contributed by atoms with Gasteiger partial charge in [0.1, 0.15) is 5.52 Å². The van der Waals surface area contributed by atoms with Gasteiger partial charge in [0.15, 0.2) is 5.58 Å². The summed E-state index contributed by atoms with van der Waals surface area (Å²) in [6.45, 7) is 1.95. The molecule has 1 aromatic heterocycles. The van der Waals surface area contributed by atoms with Crippen LogP contribution in [0.3, 0.4) is 0 Å². The van der Waals surface area contributed by atoms with Gasteiger partial charge < -0.3 is 15.5 Å². The summed E-state index contributed by atoms with van der Waals surface area (Å²) in [5.74, 6) is 0. The molecule has 1 atom stereocenters. The van der Waals surface area contributed by atoms with E-state index in [1.807, 2.05) is 55.5 Å². The Kier molecular flexibility index (Phi) is 2.93. The number of hydrogen-bond acceptors (Lipinski definition) is 4. The fraction of sp³-hybridized carbons (Fsp3) is 0.133. The van der Waals surface area contributed by atoms with Crippen LogP contribution in [-0.4, -0.2) is 4.98 Å². The van der Waals surface area contributed by atoms with Gasteiger partial charge in [0.2, 0.25) is 0 Å². The third-order valence-corrected chi connectivity index (χ3v) is 2.99. The number of rotatable bonds is 3. The van der Waals surface area contributed by atoms with Crippen LogP contribution in [0.4, 0.5) is 11.7 Å². The second-order valence-electron chi connectivity index (χ2n) is 4.49. The molecule has 0 bridgehead atoms. The molecule has 3 aromatic rings. The monoisotopic (exact) mass is 253 g/mol. The average Bonchev–Trinajstić information content (AvgIpc) is 2.81. The molecule has 0 saturated heterocycles. The normalized spacial score (nSPS) is 12.5. The van der Waals surface area contributed by atoms with Gasteiger partial charge in [0, 0.05) is 11.7 Å². The molecule has 1 unspecified atom stereocenters. The molecule has 19 heavy (non-hydrogen) atoms. The van der Waals surface area contributed by atoms with Crippen molar-refractivity contribution >= 4 is 22.8 Å². The highest BCUT2D eigenvalue weighted by atomic mass is 16.4. The lowest BCUT2D eigenvalue weighted by Gasteiger charge is -2.11. The molecule has 4 nitrogen and oxygen atoms in total. The van der Waals surface area contributed by atoms with Gasteiger partial charge >= 0.3 is 0 Å². The maximum Gasteiger partial charge on any atom is 0.300 e. The zero-order valence-electron chi connectivity index (χ0n) is 10.6. The Morgan fingerprint density at radius 1 is 1.11 bits per heavy atom. The average molecular weight is 253 g/mol. The Bertz CT molecular complexity index is 670. The molecule has 1 heterocycles. The van der Waals surface area contributed by atoms with E-state index in [9.17, 15) is 0 Å². The maximum absolute atomic E-state index is 5.95. The van der Waals surface area contributed by atoms with Gasteiger partial charge in [-0.15, -0.1) is 0 Å². The lowest BCUT2D eigenvalue weighted by molar-refractivity contribution is 0.622. The number of para-hydroxylation sites is 3. The lowest BCUT2D eigenvalue weighted by Crippen LogP contribution is -2.07.